The summed E-state index contributed by atoms with van der Waals surface area (Å²) in [5.41, 5.74) is 4.49. The SMILES string of the molecule is CC(C)(C)OC(=O)Nc1cc(C=C(CNC(=O)OCC2c3ccccc3-c3ccccc32)B2OC(C)(C)C(C)(C)O2)cs1. The third kappa shape index (κ3) is 6.98. The number of alkyl carbamates (subject to hydrolysis) is 1. The molecule has 1 fully saturated rings. The molecule has 2 N–H and O–H groups in total. The number of thiophene rings is 1. The minimum absolute atomic E-state index is 0.0297. The Hall–Kier alpha value is -3.60. The van der Waals surface area contributed by atoms with Crippen molar-refractivity contribution in [1.29, 1.82) is 0 Å². The molecular formula is C33H39BN2O6S. The van der Waals surface area contributed by atoms with Crippen molar-refractivity contribution in [3.63, 3.8) is 0 Å². The average molecular weight is 603 g/mol. The molecule has 0 saturated carbocycles. The fraction of sp³-hybridized carbons (Fsp3) is 0.394. The number of hydrogen-bond acceptors (Lipinski definition) is 7. The van der Waals surface area contributed by atoms with E-state index in [2.05, 4.69) is 34.9 Å². The molecule has 3 aromatic rings. The number of carbonyl (C=O) groups is 2. The molecule has 2 aliphatic rings. The molecule has 1 saturated heterocycles. The summed E-state index contributed by atoms with van der Waals surface area (Å²) >= 11 is 1.37. The highest BCUT2D eigenvalue weighted by atomic mass is 32.1. The Bertz CT molecular complexity index is 1480. The van der Waals surface area contributed by atoms with E-state index in [-0.39, 0.29) is 19.1 Å². The van der Waals surface area contributed by atoms with Crippen molar-refractivity contribution in [2.45, 2.75) is 71.2 Å². The fourth-order valence-corrected chi connectivity index (χ4v) is 5.88. The van der Waals surface area contributed by atoms with Crippen molar-refractivity contribution in [1.82, 2.24) is 5.32 Å². The predicted octanol–water partition coefficient (Wildman–Crippen LogP) is 7.65. The quantitative estimate of drug-likeness (QED) is 0.270. The summed E-state index contributed by atoms with van der Waals surface area (Å²) < 4.78 is 23.7. The molecule has 1 aliphatic carbocycles. The van der Waals surface area contributed by atoms with E-state index in [1.165, 1.54) is 22.5 Å². The summed E-state index contributed by atoms with van der Waals surface area (Å²) in [5, 5.41) is 8.21. The van der Waals surface area contributed by atoms with Crippen molar-refractivity contribution in [3.8, 4) is 11.1 Å². The molecule has 10 heteroatoms. The van der Waals surface area contributed by atoms with E-state index in [1.54, 1.807) is 0 Å². The first-order valence-electron chi connectivity index (χ1n) is 14.5. The van der Waals surface area contributed by atoms with Gasteiger partial charge >= 0.3 is 19.3 Å². The van der Waals surface area contributed by atoms with Crippen LogP contribution in [0.5, 0.6) is 0 Å². The monoisotopic (exact) mass is 602 g/mol. The Morgan fingerprint density at radius 1 is 0.953 bits per heavy atom. The van der Waals surface area contributed by atoms with Crippen LogP contribution in [0.1, 0.15) is 71.1 Å². The smallest absolute Gasteiger partial charge is 0.449 e. The second kappa shape index (κ2) is 11.8. The molecule has 1 aliphatic heterocycles. The first-order valence-corrected chi connectivity index (χ1v) is 15.3. The molecule has 2 amide bonds. The lowest BCUT2D eigenvalue weighted by atomic mass is 9.77. The highest BCUT2D eigenvalue weighted by Crippen LogP contribution is 2.44. The maximum atomic E-state index is 13.0. The Morgan fingerprint density at radius 3 is 2.12 bits per heavy atom. The van der Waals surface area contributed by atoms with Gasteiger partial charge in [-0.25, -0.2) is 9.59 Å². The van der Waals surface area contributed by atoms with Crippen LogP contribution in [-0.2, 0) is 18.8 Å². The molecular weight excluding hydrogens is 563 g/mol. The molecule has 2 heterocycles. The van der Waals surface area contributed by atoms with E-state index in [0.717, 1.165) is 16.7 Å². The molecule has 2 aromatic carbocycles. The van der Waals surface area contributed by atoms with Crippen molar-refractivity contribution in [2.24, 2.45) is 0 Å². The van der Waals surface area contributed by atoms with Gasteiger partial charge in [0.1, 0.15) is 12.2 Å². The van der Waals surface area contributed by atoms with Crippen LogP contribution in [0.3, 0.4) is 0 Å². The summed E-state index contributed by atoms with van der Waals surface area (Å²) in [6.45, 7) is 13.8. The zero-order chi connectivity index (χ0) is 31.0. The van der Waals surface area contributed by atoms with Gasteiger partial charge in [0.15, 0.2) is 0 Å². The van der Waals surface area contributed by atoms with Crippen molar-refractivity contribution in [3.05, 3.63) is 82.1 Å². The van der Waals surface area contributed by atoms with Gasteiger partial charge in [0, 0.05) is 17.8 Å². The number of benzene rings is 2. The normalized spacial score (nSPS) is 17.3. The third-order valence-corrected chi connectivity index (χ3v) is 8.80. The molecule has 5 rings (SSSR count). The molecule has 0 atom stereocenters. The van der Waals surface area contributed by atoms with Gasteiger partial charge in [-0.3, -0.25) is 5.32 Å². The van der Waals surface area contributed by atoms with Gasteiger partial charge in [-0.2, -0.15) is 0 Å². The Morgan fingerprint density at radius 2 is 1.53 bits per heavy atom. The van der Waals surface area contributed by atoms with Crippen molar-refractivity contribution in [2.75, 3.05) is 18.5 Å². The van der Waals surface area contributed by atoms with Crippen LogP contribution >= 0.6 is 11.3 Å². The number of anilines is 1. The lowest BCUT2D eigenvalue weighted by molar-refractivity contribution is 0.00578. The van der Waals surface area contributed by atoms with Crippen LogP contribution < -0.4 is 10.6 Å². The van der Waals surface area contributed by atoms with Gasteiger partial charge in [0.05, 0.1) is 16.2 Å². The maximum Gasteiger partial charge on any atom is 0.492 e. The second-order valence-electron chi connectivity index (χ2n) is 12.9. The molecule has 0 radical (unpaired) electrons. The summed E-state index contributed by atoms with van der Waals surface area (Å²) in [6.07, 6.45) is 0.859. The number of nitrogens with one attached hydrogen (secondary N) is 2. The lowest BCUT2D eigenvalue weighted by Gasteiger charge is -2.32. The maximum absolute atomic E-state index is 13.0. The van der Waals surface area contributed by atoms with Crippen LogP contribution in [0.15, 0.2) is 65.4 Å². The van der Waals surface area contributed by atoms with Crippen molar-refractivity contribution >= 4 is 41.7 Å². The van der Waals surface area contributed by atoms with E-state index in [4.69, 9.17) is 18.8 Å². The average Bonchev–Trinajstić information content (AvgIpc) is 3.55. The topological polar surface area (TPSA) is 95.1 Å². The third-order valence-electron chi connectivity index (χ3n) is 7.93. The summed E-state index contributed by atoms with van der Waals surface area (Å²) in [4.78, 5) is 25.2. The molecule has 0 bridgehead atoms. The minimum Gasteiger partial charge on any atom is -0.449 e. The predicted molar refractivity (Wildman–Crippen MR) is 171 cm³/mol. The van der Waals surface area contributed by atoms with E-state index < -0.39 is 36.1 Å². The van der Waals surface area contributed by atoms with Gasteiger partial charge in [-0.15, -0.1) is 11.3 Å². The van der Waals surface area contributed by atoms with Gasteiger partial charge in [-0.05, 0) is 87.8 Å². The van der Waals surface area contributed by atoms with Crippen LogP contribution in [0.2, 0.25) is 0 Å². The summed E-state index contributed by atoms with van der Waals surface area (Å²) in [7, 11) is -0.680. The first kappa shape index (κ1) is 30.8. The van der Waals surface area contributed by atoms with E-state index >= 15 is 0 Å². The Kier molecular flexibility index (Phi) is 8.48. The van der Waals surface area contributed by atoms with Crippen LogP contribution in [0.25, 0.3) is 17.2 Å². The van der Waals surface area contributed by atoms with Crippen LogP contribution in [-0.4, -0.2) is 49.3 Å². The molecule has 1 aromatic heterocycles. The first-order chi connectivity index (χ1) is 20.2. The van der Waals surface area contributed by atoms with Crippen LogP contribution in [0, 0.1) is 0 Å². The van der Waals surface area contributed by atoms with Crippen LogP contribution in [0.4, 0.5) is 14.6 Å². The lowest BCUT2D eigenvalue weighted by Crippen LogP contribution is -2.41. The van der Waals surface area contributed by atoms with Gasteiger partial charge in [-0.1, -0.05) is 54.6 Å². The molecule has 8 nitrogen and oxygen atoms in total. The standard InChI is InChI=1S/C33H39BN2O6S/c1-31(2,3)40-30(38)36-28-17-21(20-43-28)16-22(34-41-32(4,5)33(6,7)42-34)18-35-29(37)39-19-27-25-14-10-8-12-23(25)24-13-9-11-15-26(24)27/h8-17,20,27H,18-19H2,1-7H3,(H,35,37)(H,36,38). The van der Waals surface area contributed by atoms with Gasteiger partial charge < -0.3 is 24.1 Å². The fourth-order valence-electron chi connectivity index (χ4n) is 5.13. The summed E-state index contributed by atoms with van der Waals surface area (Å²) in [6, 6.07) is 18.3. The highest BCUT2D eigenvalue weighted by molar-refractivity contribution is 7.14. The van der Waals surface area contributed by atoms with Crippen molar-refractivity contribution < 1.29 is 28.4 Å². The second-order valence-corrected chi connectivity index (χ2v) is 13.8. The molecule has 0 spiro atoms. The molecule has 43 heavy (non-hydrogen) atoms. The van der Waals surface area contributed by atoms with Gasteiger partial charge in [0.2, 0.25) is 0 Å². The van der Waals surface area contributed by atoms with E-state index in [9.17, 15) is 9.59 Å². The van der Waals surface area contributed by atoms with Gasteiger partial charge in [0.25, 0.3) is 0 Å². The number of rotatable bonds is 7. The minimum atomic E-state index is -0.680. The number of fused-ring (bicyclic) bond motifs is 3. The van der Waals surface area contributed by atoms with E-state index in [0.29, 0.717) is 10.5 Å². The zero-order valence-electron chi connectivity index (χ0n) is 25.8. The number of carbonyl (C=O) groups excluding carboxylic acids is 2. The molecule has 226 valence electrons. The number of hydrogen-bond donors (Lipinski definition) is 2. The number of ether oxygens (including phenoxy) is 2. The zero-order valence-corrected chi connectivity index (χ0v) is 26.6. The largest absolute Gasteiger partial charge is 0.492 e. The highest BCUT2D eigenvalue weighted by Gasteiger charge is 2.52. The molecule has 0 unspecified atom stereocenters. The van der Waals surface area contributed by atoms with E-state index in [1.807, 2.05) is 90.3 Å². The summed E-state index contributed by atoms with van der Waals surface area (Å²) in [5.74, 6) is -0.0297. The Labute approximate surface area is 257 Å². The Balaban J connectivity index is 1.28. The number of amides is 2.